The van der Waals surface area contributed by atoms with Crippen LogP contribution in [-0.4, -0.2) is 21.9 Å². The largest absolute Gasteiger partial charge is 0.369 e. The number of primary amides is 1. The summed E-state index contributed by atoms with van der Waals surface area (Å²) in [5.74, 6) is -1.02. The minimum atomic E-state index is -0.598. The molecule has 0 aromatic carbocycles. The van der Waals surface area contributed by atoms with Gasteiger partial charge < -0.3 is 11.1 Å². The van der Waals surface area contributed by atoms with Crippen LogP contribution in [0.5, 0.6) is 0 Å². The van der Waals surface area contributed by atoms with Crippen molar-refractivity contribution in [2.75, 3.05) is 5.32 Å². The number of hydrogen-bond acceptors (Lipinski definition) is 4. The Hall–Kier alpha value is -1.69. The number of nitrogens with zero attached hydrogens (tertiary/aromatic N) is 2. The first-order valence-electron chi connectivity index (χ1n) is 5.98. The fourth-order valence-electron chi connectivity index (χ4n) is 3.01. The average Bonchev–Trinajstić information content (AvgIpc) is 2.94. The first kappa shape index (κ1) is 12.3. The third-order valence-corrected chi connectivity index (χ3v) is 3.99. The van der Waals surface area contributed by atoms with Gasteiger partial charge in [-0.1, -0.05) is 12.2 Å². The van der Waals surface area contributed by atoms with Crippen molar-refractivity contribution in [2.45, 2.75) is 12.5 Å². The van der Waals surface area contributed by atoms with E-state index < -0.39 is 5.82 Å². The highest BCUT2D eigenvalue weighted by Crippen LogP contribution is 2.44. The van der Waals surface area contributed by atoms with E-state index in [1.54, 1.807) is 0 Å². The Bertz CT molecular complexity index is 565. The van der Waals surface area contributed by atoms with Crippen LogP contribution in [0.3, 0.4) is 0 Å². The fourth-order valence-corrected chi connectivity index (χ4v) is 3.14. The summed E-state index contributed by atoms with van der Waals surface area (Å²) in [6, 6.07) is -0.243. The lowest BCUT2D eigenvalue weighted by atomic mass is 9.88. The molecule has 1 heterocycles. The summed E-state index contributed by atoms with van der Waals surface area (Å²) in [5.41, 5.74) is 5.43. The zero-order chi connectivity index (χ0) is 13.6. The number of amides is 1. The molecule has 100 valence electrons. The van der Waals surface area contributed by atoms with Crippen LogP contribution in [0.1, 0.15) is 6.42 Å². The zero-order valence-corrected chi connectivity index (χ0v) is 10.6. The molecular formula is C12H12ClFN4O. The van der Waals surface area contributed by atoms with Crippen molar-refractivity contribution in [1.82, 2.24) is 9.97 Å². The van der Waals surface area contributed by atoms with Gasteiger partial charge in [-0.3, -0.25) is 4.79 Å². The van der Waals surface area contributed by atoms with Gasteiger partial charge in [0.15, 0.2) is 11.6 Å². The topological polar surface area (TPSA) is 80.9 Å². The summed E-state index contributed by atoms with van der Waals surface area (Å²) < 4.78 is 13.6. The first-order chi connectivity index (χ1) is 9.06. The molecule has 1 amide bonds. The van der Waals surface area contributed by atoms with Crippen LogP contribution in [0.2, 0.25) is 5.28 Å². The van der Waals surface area contributed by atoms with Gasteiger partial charge in [-0.15, -0.1) is 0 Å². The Morgan fingerprint density at radius 1 is 1.47 bits per heavy atom. The third kappa shape index (κ3) is 2.06. The normalized spacial score (nSPS) is 31.7. The number of carbonyl (C=O) groups excluding carboxylic acids is 1. The predicted octanol–water partition coefficient (Wildman–Crippen LogP) is 1.36. The maximum Gasteiger partial charge on any atom is 0.224 e. The molecule has 3 rings (SSSR count). The average molecular weight is 283 g/mol. The standard InChI is InChI=1S/C12H12ClFN4O/c13-12-16-4-7(14)11(18-12)17-9-6-2-1-5(3-6)8(9)10(15)19/h1-2,4-6,8-9H,3H2,(H2,15,19)(H,16,17,18). The molecule has 2 aliphatic carbocycles. The maximum absolute atomic E-state index is 13.6. The van der Waals surface area contributed by atoms with Crippen molar-refractivity contribution in [2.24, 2.45) is 23.5 Å². The Morgan fingerprint density at radius 2 is 2.21 bits per heavy atom. The van der Waals surface area contributed by atoms with Gasteiger partial charge in [-0.25, -0.2) is 9.37 Å². The van der Waals surface area contributed by atoms with E-state index >= 15 is 0 Å². The molecular weight excluding hydrogens is 271 g/mol. The summed E-state index contributed by atoms with van der Waals surface area (Å²) in [5, 5.41) is 2.91. The smallest absolute Gasteiger partial charge is 0.224 e. The summed E-state index contributed by atoms with van der Waals surface area (Å²) in [6.07, 6.45) is 5.88. The molecule has 2 aliphatic rings. The third-order valence-electron chi connectivity index (χ3n) is 3.81. The van der Waals surface area contributed by atoms with Gasteiger partial charge in [0.05, 0.1) is 12.1 Å². The summed E-state index contributed by atoms with van der Waals surface area (Å²) >= 11 is 5.65. The second kappa shape index (κ2) is 4.45. The van der Waals surface area contributed by atoms with Crippen LogP contribution >= 0.6 is 11.6 Å². The lowest BCUT2D eigenvalue weighted by Crippen LogP contribution is -2.41. The summed E-state index contributed by atoms with van der Waals surface area (Å²) in [7, 11) is 0. The first-order valence-corrected chi connectivity index (χ1v) is 6.36. The Kier molecular flexibility index (Phi) is 2.89. The van der Waals surface area contributed by atoms with E-state index in [0.29, 0.717) is 0 Å². The number of nitrogens with one attached hydrogen (secondary N) is 1. The number of allylic oxidation sites excluding steroid dienone is 1. The van der Waals surface area contributed by atoms with E-state index in [4.69, 9.17) is 17.3 Å². The number of rotatable bonds is 3. The molecule has 2 bridgehead atoms. The minimum Gasteiger partial charge on any atom is -0.369 e. The molecule has 0 radical (unpaired) electrons. The SMILES string of the molecule is NC(=O)C1C2C=CC(C2)C1Nc1nc(Cl)ncc1F. The van der Waals surface area contributed by atoms with Crippen LogP contribution in [0.25, 0.3) is 0 Å². The number of halogens is 2. The molecule has 1 aromatic heterocycles. The van der Waals surface area contributed by atoms with Gasteiger partial charge in [0.25, 0.3) is 0 Å². The molecule has 4 unspecified atom stereocenters. The Labute approximate surface area is 114 Å². The molecule has 0 spiro atoms. The molecule has 0 aliphatic heterocycles. The molecule has 4 atom stereocenters. The van der Waals surface area contributed by atoms with Gasteiger partial charge >= 0.3 is 0 Å². The van der Waals surface area contributed by atoms with Gasteiger partial charge in [-0.05, 0) is 29.9 Å². The minimum absolute atomic E-state index is 0.0113. The highest BCUT2D eigenvalue weighted by molar-refractivity contribution is 6.28. The van der Waals surface area contributed by atoms with E-state index in [2.05, 4.69) is 15.3 Å². The lowest BCUT2D eigenvalue weighted by molar-refractivity contribution is -0.122. The van der Waals surface area contributed by atoms with Crippen molar-refractivity contribution in [3.63, 3.8) is 0 Å². The van der Waals surface area contributed by atoms with E-state index in [1.807, 2.05) is 12.2 Å². The van der Waals surface area contributed by atoms with Gasteiger partial charge in [0.1, 0.15) is 0 Å². The highest BCUT2D eigenvalue weighted by atomic mass is 35.5. The van der Waals surface area contributed by atoms with Crippen molar-refractivity contribution < 1.29 is 9.18 Å². The monoisotopic (exact) mass is 282 g/mol. The van der Waals surface area contributed by atoms with E-state index in [0.717, 1.165) is 12.6 Å². The molecule has 1 aromatic rings. The molecule has 19 heavy (non-hydrogen) atoms. The number of nitrogens with two attached hydrogens (primary N) is 1. The van der Waals surface area contributed by atoms with E-state index in [1.165, 1.54) is 0 Å². The molecule has 0 saturated heterocycles. The summed E-state index contributed by atoms with van der Waals surface area (Å²) in [4.78, 5) is 18.9. The van der Waals surface area contributed by atoms with Crippen molar-refractivity contribution in [1.29, 1.82) is 0 Å². The number of hydrogen-bond donors (Lipinski definition) is 2. The molecule has 3 N–H and O–H groups in total. The summed E-state index contributed by atoms with van der Waals surface area (Å²) in [6.45, 7) is 0. The second-order valence-corrected chi connectivity index (χ2v) is 5.22. The molecule has 5 nitrogen and oxygen atoms in total. The molecule has 7 heteroatoms. The Balaban J connectivity index is 1.88. The van der Waals surface area contributed by atoms with Gasteiger partial charge in [0.2, 0.25) is 11.2 Å². The van der Waals surface area contributed by atoms with Crippen LogP contribution in [0.4, 0.5) is 10.2 Å². The highest BCUT2D eigenvalue weighted by Gasteiger charge is 2.47. The number of aromatic nitrogens is 2. The molecule has 1 fully saturated rings. The zero-order valence-electron chi connectivity index (χ0n) is 9.88. The van der Waals surface area contributed by atoms with Crippen molar-refractivity contribution in [3.8, 4) is 0 Å². The number of carbonyl (C=O) groups is 1. The number of anilines is 1. The number of fused-ring (bicyclic) bond motifs is 2. The van der Waals surface area contributed by atoms with E-state index in [-0.39, 0.29) is 40.8 Å². The fraction of sp³-hybridized carbons (Fsp3) is 0.417. The Morgan fingerprint density at radius 3 is 2.95 bits per heavy atom. The maximum atomic E-state index is 13.6. The van der Waals surface area contributed by atoms with Crippen molar-refractivity contribution >= 4 is 23.3 Å². The quantitative estimate of drug-likeness (QED) is 0.648. The molecule has 1 saturated carbocycles. The van der Waals surface area contributed by atoms with Crippen LogP contribution in [0, 0.1) is 23.6 Å². The van der Waals surface area contributed by atoms with Crippen LogP contribution < -0.4 is 11.1 Å². The van der Waals surface area contributed by atoms with E-state index in [9.17, 15) is 9.18 Å². The van der Waals surface area contributed by atoms with Crippen LogP contribution in [-0.2, 0) is 4.79 Å². The van der Waals surface area contributed by atoms with Gasteiger partial charge in [-0.2, -0.15) is 4.98 Å². The lowest BCUT2D eigenvalue weighted by Gasteiger charge is -2.27. The van der Waals surface area contributed by atoms with Crippen molar-refractivity contribution in [3.05, 3.63) is 29.4 Å². The van der Waals surface area contributed by atoms with Gasteiger partial charge in [0, 0.05) is 6.04 Å². The second-order valence-electron chi connectivity index (χ2n) is 4.88. The van der Waals surface area contributed by atoms with Crippen LogP contribution in [0.15, 0.2) is 18.3 Å². The predicted molar refractivity (Wildman–Crippen MR) is 67.8 cm³/mol.